The monoisotopic (exact) mass is 214 g/mol. The van der Waals surface area contributed by atoms with Gasteiger partial charge < -0.3 is 15.3 Å². The molecule has 1 amide bonds. The highest BCUT2D eigenvalue weighted by Gasteiger charge is 2.33. The van der Waals surface area contributed by atoms with E-state index in [0.717, 1.165) is 19.4 Å². The Morgan fingerprint density at radius 3 is 2.87 bits per heavy atom. The molecule has 1 aliphatic rings. The molecule has 0 aromatic rings. The minimum absolute atomic E-state index is 0.103. The number of carboxylic acid groups (broad SMARTS) is 1. The van der Waals surface area contributed by atoms with E-state index in [1.165, 1.54) is 4.90 Å². The van der Waals surface area contributed by atoms with E-state index in [1.54, 1.807) is 0 Å². The SMILES string of the molecule is CCCNCC(=O)N1CCC[C@H]1C(=O)O. The smallest absolute Gasteiger partial charge is 0.326 e. The third-order valence-corrected chi connectivity index (χ3v) is 2.56. The minimum atomic E-state index is -0.892. The standard InChI is InChI=1S/C10H18N2O3/c1-2-5-11-7-9(13)12-6-3-4-8(12)10(14)15/h8,11H,2-7H2,1H3,(H,14,15)/t8-/m0/s1. The average Bonchev–Trinajstić information content (AvgIpc) is 2.66. The molecule has 0 aliphatic carbocycles. The van der Waals surface area contributed by atoms with Crippen LogP contribution in [0.1, 0.15) is 26.2 Å². The van der Waals surface area contributed by atoms with Gasteiger partial charge in [0.1, 0.15) is 6.04 Å². The molecule has 86 valence electrons. The molecular weight excluding hydrogens is 196 g/mol. The van der Waals surface area contributed by atoms with Gasteiger partial charge in [-0.05, 0) is 25.8 Å². The van der Waals surface area contributed by atoms with Crippen molar-refractivity contribution in [3.05, 3.63) is 0 Å². The van der Waals surface area contributed by atoms with E-state index < -0.39 is 12.0 Å². The quantitative estimate of drug-likeness (QED) is 0.635. The summed E-state index contributed by atoms with van der Waals surface area (Å²) in [5, 5.41) is 11.9. The first kappa shape index (κ1) is 12.0. The second-order valence-electron chi connectivity index (χ2n) is 3.76. The lowest BCUT2D eigenvalue weighted by Crippen LogP contribution is -2.44. The Bertz CT molecular complexity index is 243. The maximum Gasteiger partial charge on any atom is 0.326 e. The molecule has 5 nitrogen and oxygen atoms in total. The Morgan fingerprint density at radius 2 is 2.27 bits per heavy atom. The maximum atomic E-state index is 11.6. The van der Waals surface area contributed by atoms with Crippen LogP contribution in [0.4, 0.5) is 0 Å². The summed E-state index contributed by atoms with van der Waals surface area (Å²) in [6.45, 7) is 3.63. The van der Waals surface area contributed by atoms with Gasteiger partial charge in [0.05, 0.1) is 6.54 Å². The topological polar surface area (TPSA) is 69.6 Å². The van der Waals surface area contributed by atoms with Gasteiger partial charge in [-0.3, -0.25) is 4.79 Å². The molecule has 0 bridgehead atoms. The van der Waals surface area contributed by atoms with Crippen LogP contribution in [0.2, 0.25) is 0 Å². The largest absolute Gasteiger partial charge is 0.480 e. The molecule has 1 saturated heterocycles. The average molecular weight is 214 g/mol. The van der Waals surface area contributed by atoms with Crippen molar-refractivity contribution >= 4 is 11.9 Å². The lowest BCUT2D eigenvalue weighted by Gasteiger charge is -2.21. The molecule has 15 heavy (non-hydrogen) atoms. The van der Waals surface area contributed by atoms with Gasteiger partial charge in [-0.15, -0.1) is 0 Å². The number of carbonyl (C=O) groups excluding carboxylic acids is 1. The van der Waals surface area contributed by atoms with Crippen molar-refractivity contribution in [2.24, 2.45) is 0 Å². The van der Waals surface area contributed by atoms with Crippen LogP contribution in [0.15, 0.2) is 0 Å². The summed E-state index contributed by atoms with van der Waals surface area (Å²) in [6.07, 6.45) is 2.33. The van der Waals surface area contributed by atoms with E-state index in [0.29, 0.717) is 13.0 Å². The number of aliphatic carboxylic acids is 1. The lowest BCUT2D eigenvalue weighted by atomic mass is 10.2. The normalized spacial score (nSPS) is 20.6. The van der Waals surface area contributed by atoms with Gasteiger partial charge in [0.25, 0.3) is 0 Å². The molecule has 0 radical (unpaired) electrons. The highest BCUT2D eigenvalue weighted by Crippen LogP contribution is 2.16. The molecular formula is C10H18N2O3. The van der Waals surface area contributed by atoms with E-state index in [9.17, 15) is 9.59 Å². The fraction of sp³-hybridized carbons (Fsp3) is 0.800. The highest BCUT2D eigenvalue weighted by atomic mass is 16.4. The van der Waals surface area contributed by atoms with Crippen LogP contribution < -0.4 is 5.32 Å². The van der Waals surface area contributed by atoms with Gasteiger partial charge in [0, 0.05) is 6.54 Å². The molecule has 0 saturated carbocycles. The summed E-state index contributed by atoms with van der Waals surface area (Å²) in [6, 6.07) is -0.610. The first-order chi connectivity index (χ1) is 7.16. The Balaban J connectivity index is 2.40. The van der Waals surface area contributed by atoms with Crippen LogP contribution in [-0.2, 0) is 9.59 Å². The Hall–Kier alpha value is -1.10. The van der Waals surface area contributed by atoms with Crippen molar-refractivity contribution in [1.82, 2.24) is 10.2 Å². The molecule has 0 spiro atoms. The van der Waals surface area contributed by atoms with Crippen molar-refractivity contribution in [1.29, 1.82) is 0 Å². The molecule has 0 aromatic heterocycles. The summed E-state index contributed by atoms with van der Waals surface area (Å²) < 4.78 is 0. The number of carboxylic acids is 1. The zero-order valence-electron chi connectivity index (χ0n) is 9.03. The number of amides is 1. The minimum Gasteiger partial charge on any atom is -0.480 e. The van der Waals surface area contributed by atoms with Crippen LogP contribution in [0.3, 0.4) is 0 Å². The maximum absolute atomic E-state index is 11.6. The van der Waals surface area contributed by atoms with E-state index in [2.05, 4.69) is 5.32 Å². The number of likely N-dealkylation sites (tertiary alicyclic amines) is 1. The number of hydrogen-bond acceptors (Lipinski definition) is 3. The van der Waals surface area contributed by atoms with Crippen LogP contribution >= 0.6 is 0 Å². The second kappa shape index (κ2) is 5.70. The fourth-order valence-electron chi connectivity index (χ4n) is 1.80. The molecule has 0 unspecified atom stereocenters. The molecule has 0 aromatic carbocycles. The Labute approximate surface area is 89.4 Å². The van der Waals surface area contributed by atoms with Gasteiger partial charge in [-0.25, -0.2) is 4.79 Å². The van der Waals surface area contributed by atoms with Crippen molar-refractivity contribution < 1.29 is 14.7 Å². The van der Waals surface area contributed by atoms with Gasteiger partial charge in [-0.1, -0.05) is 6.92 Å². The summed E-state index contributed by atoms with van der Waals surface area (Å²) >= 11 is 0. The molecule has 1 atom stereocenters. The zero-order chi connectivity index (χ0) is 11.3. The van der Waals surface area contributed by atoms with E-state index in [-0.39, 0.29) is 12.5 Å². The van der Waals surface area contributed by atoms with Crippen molar-refractivity contribution in [3.63, 3.8) is 0 Å². The first-order valence-corrected chi connectivity index (χ1v) is 5.39. The van der Waals surface area contributed by atoms with Crippen LogP contribution in [0, 0.1) is 0 Å². The summed E-state index contributed by atoms with van der Waals surface area (Å²) in [5.41, 5.74) is 0. The van der Waals surface area contributed by atoms with Crippen molar-refractivity contribution in [2.45, 2.75) is 32.2 Å². The Morgan fingerprint density at radius 1 is 1.53 bits per heavy atom. The van der Waals surface area contributed by atoms with Crippen LogP contribution in [0.25, 0.3) is 0 Å². The van der Waals surface area contributed by atoms with E-state index in [4.69, 9.17) is 5.11 Å². The number of nitrogens with zero attached hydrogens (tertiary/aromatic N) is 1. The highest BCUT2D eigenvalue weighted by molar-refractivity contribution is 5.85. The number of hydrogen-bond donors (Lipinski definition) is 2. The molecule has 1 fully saturated rings. The van der Waals surface area contributed by atoms with Gasteiger partial charge in [0.15, 0.2) is 0 Å². The van der Waals surface area contributed by atoms with E-state index >= 15 is 0 Å². The zero-order valence-corrected chi connectivity index (χ0v) is 9.03. The third-order valence-electron chi connectivity index (χ3n) is 2.56. The molecule has 1 heterocycles. The summed E-state index contributed by atoms with van der Waals surface area (Å²) in [4.78, 5) is 23.9. The molecule has 2 N–H and O–H groups in total. The number of nitrogens with one attached hydrogen (secondary N) is 1. The molecule has 1 rings (SSSR count). The second-order valence-corrected chi connectivity index (χ2v) is 3.76. The third kappa shape index (κ3) is 3.20. The summed E-state index contributed by atoms with van der Waals surface area (Å²) in [5.74, 6) is -0.996. The Kier molecular flexibility index (Phi) is 4.55. The predicted molar refractivity (Wildman–Crippen MR) is 55.5 cm³/mol. The van der Waals surface area contributed by atoms with Crippen LogP contribution in [-0.4, -0.2) is 47.6 Å². The predicted octanol–water partition coefficient (Wildman–Crippen LogP) is 0.0616. The number of carbonyl (C=O) groups is 2. The van der Waals surface area contributed by atoms with Gasteiger partial charge >= 0.3 is 5.97 Å². The summed E-state index contributed by atoms with van der Waals surface area (Å²) in [7, 11) is 0. The molecule has 5 heteroatoms. The van der Waals surface area contributed by atoms with Crippen LogP contribution in [0.5, 0.6) is 0 Å². The van der Waals surface area contributed by atoms with Crippen molar-refractivity contribution in [2.75, 3.05) is 19.6 Å². The van der Waals surface area contributed by atoms with Crippen molar-refractivity contribution in [3.8, 4) is 0 Å². The fourth-order valence-corrected chi connectivity index (χ4v) is 1.80. The van der Waals surface area contributed by atoms with Gasteiger partial charge in [0.2, 0.25) is 5.91 Å². The van der Waals surface area contributed by atoms with Gasteiger partial charge in [-0.2, -0.15) is 0 Å². The molecule has 1 aliphatic heterocycles. The van der Waals surface area contributed by atoms with E-state index in [1.807, 2.05) is 6.92 Å². The lowest BCUT2D eigenvalue weighted by molar-refractivity contribution is -0.147. The first-order valence-electron chi connectivity index (χ1n) is 5.39. The number of rotatable bonds is 5.